The van der Waals surface area contributed by atoms with Gasteiger partial charge in [0.2, 0.25) is 12.6 Å². The van der Waals surface area contributed by atoms with Crippen molar-refractivity contribution in [3.05, 3.63) is 137 Å². The van der Waals surface area contributed by atoms with Gasteiger partial charge in [0.25, 0.3) is 0 Å². The van der Waals surface area contributed by atoms with Crippen molar-refractivity contribution in [1.29, 1.82) is 0 Å². The van der Waals surface area contributed by atoms with Gasteiger partial charge in [0, 0.05) is 35.4 Å². The zero-order valence-electron chi connectivity index (χ0n) is 39.5. The van der Waals surface area contributed by atoms with Crippen molar-refractivity contribution in [2.24, 2.45) is 0 Å². The second kappa shape index (κ2) is 23.9. The maximum Gasteiger partial charge on any atom is 0.330 e. The van der Waals surface area contributed by atoms with Crippen molar-refractivity contribution < 1.29 is 124 Å². The topological polar surface area (TPSA) is 400 Å². The van der Waals surface area contributed by atoms with E-state index in [0.717, 1.165) is 24.3 Å². The lowest BCUT2D eigenvalue weighted by Gasteiger charge is -2.46. The molecule has 76 heavy (non-hydrogen) atoms. The molecule has 0 saturated carbocycles. The van der Waals surface area contributed by atoms with E-state index in [2.05, 4.69) is 0 Å². The third-order valence-electron chi connectivity index (χ3n) is 12.5. The molecule has 8 rings (SSSR count). The fourth-order valence-electron chi connectivity index (χ4n) is 8.31. The molecule has 4 aliphatic heterocycles. The number of carbonyl (C=O) groups is 2. The molecule has 5 aliphatic rings. The van der Waals surface area contributed by atoms with Crippen LogP contribution in [-0.2, 0) is 52.2 Å². The number of rotatable bonds is 16. The van der Waals surface area contributed by atoms with Crippen LogP contribution in [0.5, 0.6) is 23.0 Å². The van der Waals surface area contributed by atoms with Crippen LogP contribution >= 0.6 is 0 Å². The number of aliphatic hydroxyl groups is 10. The molecular formula is C51H54O25. The zero-order valence-corrected chi connectivity index (χ0v) is 39.5. The lowest BCUT2D eigenvalue weighted by atomic mass is 9.96. The van der Waals surface area contributed by atoms with E-state index in [1.54, 1.807) is 0 Å². The molecule has 16 unspecified atom stereocenters. The summed E-state index contributed by atoms with van der Waals surface area (Å²) < 4.78 is 52.8. The Morgan fingerprint density at radius 3 is 1.71 bits per heavy atom. The predicted molar refractivity (Wildman–Crippen MR) is 253 cm³/mol. The summed E-state index contributed by atoms with van der Waals surface area (Å²) in [6.07, 6.45) is -21.2. The maximum absolute atomic E-state index is 12.9. The summed E-state index contributed by atoms with van der Waals surface area (Å²) in [6.45, 7) is -2.32. The van der Waals surface area contributed by atoms with E-state index in [-0.39, 0.29) is 39.9 Å². The molecule has 16 atom stereocenters. The van der Waals surface area contributed by atoms with Crippen molar-refractivity contribution in [1.82, 2.24) is 0 Å². The summed E-state index contributed by atoms with van der Waals surface area (Å²) in [5, 5.41) is 148. The van der Waals surface area contributed by atoms with E-state index < -0.39 is 147 Å². The van der Waals surface area contributed by atoms with E-state index >= 15 is 0 Å². The third-order valence-corrected chi connectivity index (χ3v) is 12.5. The number of benzene rings is 3. The minimum atomic E-state index is -2.12. The van der Waals surface area contributed by atoms with Gasteiger partial charge in [0.15, 0.2) is 35.4 Å². The van der Waals surface area contributed by atoms with Crippen LogP contribution in [0.15, 0.2) is 120 Å². The Labute approximate surface area is 430 Å². The minimum Gasteiger partial charge on any atom is -0.508 e. The highest BCUT2D eigenvalue weighted by Crippen LogP contribution is 2.41. The molecule has 0 bridgehead atoms. The summed E-state index contributed by atoms with van der Waals surface area (Å²) in [6, 6.07) is 14.9. The number of ether oxygens (including phenoxy) is 9. The van der Waals surface area contributed by atoms with Gasteiger partial charge in [-0.25, -0.2) is 9.59 Å². The highest BCUT2D eigenvalue weighted by atomic mass is 16.8. The number of phenolic OH excluding ortho intramolecular Hbond substituents is 4. The molecule has 0 amide bonds. The first-order chi connectivity index (χ1) is 36.3. The number of hydrogen-bond acceptors (Lipinski definition) is 25. The van der Waals surface area contributed by atoms with Gasteiger partial charge in [-0.1, -0.05) is 18.2 Å². The lowest BCUT2D eigenvalue weighted by Crippen LogP contribution is -2.64. The van der Waals surface area contributed by atoms with Gasteiger partial charge in [0.1, 0.15) is 109 Å². The molecule has 1 aliphatic carbocycles. The smallest absolute Gasteiger partial charge is 0.330 e. The SMILES string of the molecule is O=C(C=Cc1ccc(O)c(O)c1)OCC1OC(OC2C(OC3=C(c4ccc(O)cc4)OC4C=C(O)C=C(OC5OC(CO)C(O)C(O)C5O)C4=C3)OC(COC(=O)C=Cc3ccc(O)cc3)C(O)C2O)C(O)C(O)C1O. The van der Waals surface area contributed by atoms with Gasteiger partial charge in [-0.05, 0) is 77.9 Å². The molecule has 4 heterocycles. The number of aromatic hydroxyl groups is 4. The van der Waals surface area contributed by atoms with E-state index in [0.29, 0.717) is 11.1 Å². The fourth-order valence-corrected chi connectivity index (χ4v) is 8.31. The van der Waals surface area contributed by atoms with Crippen molar-refractivity contribution >= 4 is 29.8 Å². The van der Waals surface area contributed by atoms with E-state index in [1.807, 2.05) is 0 Å². The second-order valence-corrected chi connectivity index (χ2v) is 17.8. The lowest BCUT2D eigenvalue weighted by molar-refractivity contribution is -0.363. The number of carbonyl (C=O) groups excluding carboxylic acids is 2. The summed E-state index contributed by atoms with van der Waals surface area (Å²) in [5.74, 6) is -4.15. The van der Waals surface area contributed by atoms with Crippen molar-refractivity contribution in [2.75, 3.05) is 19.8 Å². The van der Waals surface area contributed by atoms with Crippen LogP contribution in [0.3, 0.4) is 0 Å². The first-order valence-corrected chi connectivity index (χ1v) is 23.3. The molecule has 14 N–H and O–H groups in total. The van der Waals surface area contributed by atoms with Crippen LogP contribution in [-0.4, -0.2) is 201 Å². The average Bonchev–Trinajstić information content (AvgIpc) is 3.41. The molecule has 408 valence electrons. The van der Waals surface area contributed by atoms with Crippen LogP contribution in [0.2, 0.25) is 0 Å². The van der Waals surface area contributed by atoms with Crippen LogP contribution in [0.25, 0.3) is 17.9 Å². The molecule has 3 aromatic rings. The van der Waals surface area contributed by atoms with Gasteiger partial charge in [-0.2, -0.15) is 0 Å². The Balaban J connectivity index is 1.09. The Bertz CT molecular complexity index is 2730. The third kappa shape index (κ3) is 12.6. The molecule has 0 aromatic heterocycles. The molecule has 0 radical (unpaired) electrons. The average molecular weight is 1070 g/mol. The van der Waals surface area contributed by atoms with Crippen molar-refractivity contribution in [3.63, 3.8) is 0 Å². The minimum absolute atomic E-state index is 0.0173. The van der Waals surface area contributed by atoms with E-state index in [4.69, 9.17) is 42.6 Å². The molecule has 3 fully saturated rings. The highest BCUT2D eigenvalue weighted by molar-refractivity contribution is 5.87. The Morgan fingerprint density at radius 1 is 0.553 bits per heavy atom. The number of hydrogen-bond donors (Lipinski definition) is 14. The van der Waals surface area contributed by atoms with Gasteiger partial charge >= 0.3 is 11.9 Å². The van der Waals surface area contributed by atoms with E-state index in [1.165, 1.54) is 85.0 Å². The number of esters is 2. The Morgan fingerprint density at radius 2 is 1.09 bits per heavy atom. The molecule has 25 heteroatoms. The van der Waals surface area contributed by atoms with Crippen LogP contribution < -0.4 is 0 Å². The molecular weight excluding hydrogens is 1010 g/mol. The molecule has 3 saturated heterocycles. The summed E-state index contributed by atoms with van der Waals surface area (Å²) in [4.78, 5) is 25.6. The number of aliphatic hydroxyl groups excluding tert-OH is 10. The largest absolute Gasteiger partial charge is 0.508 e. The monoisotopic (exact) mass is 1070 g/mol. The van der Waals surface area contributed by atoms with Crippen LogP contribution in [0.1, 0.15) is 16.7 Å². The van der Waals surface area contributed by atoms with Gasteiger partial charge < -0.3 is 114 Å². The summed E-state index contributed by atoms with van der Waals surface area (Å²) in [5.41, 5.74) is 1.02. The standard InChI is InChI=1S/C51H54O25/c52-19-34-39(60)42(63)45(66)49(73-34)71-32-17-27(55)16-31-28(32)18-33(47(70-31)24-6-10-26(54)11-7-24)72-51-48(44(65)41(62)36(75-51)21-69-37(58)13-4-22-1-8-25(53)9-2-22)76-50-46(67)43(64)40(61)35(74-50)20-68-38(59)14-5-23-3-12-29(56)30(57)15-23/h1-18,31,34-36,39-46,48-57,60-67H,19-21H2. The molecule has 25 nitrogen and oxygen atoms in total. The second-order valence-electron chi connectivity index (χ2n) is 17.8. The van der Waals surface area contributed by atoms with Gasteiger partial charge in [-0.3, -0.25) is 0 Å². The molecule has 0 spiro atoms. The number of phenols is 4. The number of fused-ring (bicyclic) bond motifs is 1. The highest BCUT2D eigenvalue weighted by Gasteiger charge is 2.53. The van der Waals surface area contributed by atoms with E-state index in [9.17, 15) is 81.1 Å². The number of allylic oxidation sites excluding steroid dienone is 2. The van der Waals surface area contributed by atoms with Crippen LogP contribution in [0, 0.1) is 0 Å². The first-order valence-electron chi connectivity index (χ1n) is 23.3. The fraction of sp³-hybridized carbons (Fsp3) is 0.373. The Hall–Kier alpha value is -7.08. The van der Waals surface area contributed by atoms with Crippen LogP contribution in [0.4, 0.5) is 0 Å². The quantitative estimate of drug-likeness (QED) is 0.0456. The Kier molecular flexibility index (Phi) is 17.3. The summed E-state index contributed by atoms with van der Waals surface area (Å²) in [7, 11) is 0. The van der Waals surface area contributed by atoms with Gasteiger partial charge in [0.05, 0.1) is 6.61 Å². The van der Waals surface area contributed by atoms with Gasteiger partial charge in [-0.15, -0.1) is 0 Å². The van der Waals surface area contributed by atoms with Crippen molar-refractivity contribution in [2.45, 2.75) is 98.2 Å². The maximum atomic E-state index is 12.9. The normalized spacial score (nSPS) is 32.6. The summed E-state index contributed by atoms with van der Waals surface area (Å²) >= 11 is 0. The molecule has 3 aromatic carbocycles. The van der Waals surface area contributed by atoms with Crippen molar-refractivity contribution in [3.8, 4) is 23.0 Å². The first kappa shape index (κ1) is 55.2. The zero-order chi connectivity index (χ0) is 54.5. The predicted octanol–water partition coefficient (Wildman–Crippen LogP) is -1.17.